The topological polar surface area (TPSA) is 113 Å². The Labute approximate surface area is 163 Å². The summed E-state index contributed by atoms with van der Waals surface area (Å²) in [4.78, 5) is 59.3. The van der Waals surface area contributed by atoms with Gasteiger partial charge in [-0.2, -0.15) is 0 Å². The number of Topliss-reactive ketones (excluding diaryl/α,β-unsaturated/α-hetero) is 1. The molecule has 8 heteroatoms. The molecule has 4 amide bonds. The lowest BCUT2D eigenvalue weighted by atomic mass is 10.1. The van der Waals surface area contributed by atoms with Gasteiger partial charge >= 0.3 is 0 Å². The smallest absolute Gasteiger partial charge is 0.253 e. The lowest BCUT2D eigenvalue weighted by molar-refractivity contribution is -0.137. The fourth-order valence-electron chi connectivity index (χ4n) is 2.62. The third kappa shape index (κ3) is 6.79. The Morgan fingerprint density at radius 3 is 2.11 bits per heavy atom. The van der Waals surface area contributed by atoms with E-state index >= 15 is 0 Å². The van der Waals surface area contributed by atoms with E-state index in [9.17, 15) is 24.0 Å². The van der Waals surface area contributed by atoms with Crippen LogP contribution in [0.2, 0.25) is 0 Å². The molecule has 148 valence electrons. The van der Waals surface area contributed by atoms with E-state index in [1.54, 1.807) is 30.3 Å². The third-order valence-electron chi connectivity index (χ3n) is 4.17. The summed E-state index contributed by atoms with van der Waals surface area (Å²) in [6, 6.07) is 8.62. The van der Waals surface area contributed by atoms with Crippen LogP contribution in [0.15, 0.2) is 42.5 Å². The number of ketones is 1. The quantitative estimate of drug-likeness (QED) is 0.329. The Morgan fingerprint density at radius 1 is 0.786 bits per heavy atom. The molecule has 1 heterocycles. The molecule has 1 aliphatic heterocycles. The van der Waals surface area contributed by atoms with Crippen molar-refractivity contribution < 1.29 is 24.0 Å². The van der Waals surface area contributed by atoms with E-state index < -0.39 is 5.91 Å². The van der Waals surface area contributed by atoms with Gasteiger partial charge < -0.3 is 10.6 Å². The number of benzene rings is 1. The number of nitrogens with one attached hydrogen (secondary N) is 2. The number of amides is 4. The van der Waals surface area contributed by atoms with Crippen molar-refractivity contribution in [2.24, 2.45) is 0 Å². The van der Waals surface area contributed by atoms with Crippen molar-refractivity contribution in [3.63, 3.8) is 0 Å². The van der Waals surface area contributed by atoms with Crippen LogP contribution in [0.4, 0.5) is 0 Å². The van der Waals surface area contributed by atoms with E-state index in [4.69, 9.17) is 0 Å². The van der Waals surface area contributed by atoms with E-state index in [2.05, 4.69) is 10.6 Å². The Bertz CT molecular complexity index is 755. The Balaban J connectivity index is 1.52. The lowest BCUT2D eigenvalue weighted by Gasteiger charge is -2.13. The van der Waals surface area contributed by atoms with Crippen LogP contribution >= 0.6 is 0 Å². The first-order valence-corrected chi connectivity index (χ1v) is 9.12. The van der Waals surface area contributed by atoms with Crippen molar-refractivity contribution in [3.05, 3.63) is 48.0 Å². The van der Waals surface area contributed by atoms with Gasteiger partial charge in [0.1, 0.15) is 0 Å². The van der Waals surface area contributed by atoms with Crippen LogP contribution in [0, 0.1) is 0 Å². The van der Waals surface area contributed by atoms with Crippen molar-refractivity contribution in [2.45, 2.75) is 25.7 Å². The zero-order chi connectivity index (χ0) is 20.4. The molecule has 0 aromatic heterocycles. The second-order valence-corrected chi connectivity index (χ2v) is 6.31. The molecule has 0 unspecified atom stereocenters. The van der Waals surface area contributed by atoms with Crippen molar-refractivity contribution >= 4 is 29.4 Å². The van der Waals surface area contributed by atoms with Gasteiger partial charge in [-0.05, 0) is 12.8 Å². The van der Waals surface area contributed by atoms with Gasteiger partial charge in [-0.25, -0.2) is 0 Å². The van der Waals surface area contributed by atoms with Gasteiger partial charge in [0.15, 0.2) is 5.78 Å². The molecular formula is C20H23N3O5. The Kier molecular flexibility index (Phi) is 8.08. The van der Waals surface area contributed by atoms with Crippen LogP contribution in [0.3, 0.4) is 0 Å². The molecule has 0 aliphatic carbocycles. The molecule has 2 rings (SSSR count). The summed E-state index contributed by atoms with van der Waals surface area (Å²) in [5, 5.41) is 4.97. The fourth-order valence-corrected chi connectivity index (χ4v) is 2.62. The van der Waals surface area contributed by atoms with E-state index in [0.29, 0.717) is 31.4 Å². The van der Waals surface area contributed by atoms with Crippen LogP contribution in [0.25, 0.3) is 0 Å². The van der Waals surface area contributed by atoms with Crippen LogP contribution < -0.4 is 10.6 Å². The first kappa shape index (κ1) is 21.0. The number of hydrogen-bond acceptors (Lipinski definition) is 5. The van der Waals surface area contributed by atoms with Gasteiger partial charge in [-0.1, -0.05) is 36.8 Å². The van der Waals surface area contributed by atoms with Gasteiger partial charge in [0.2, 0.25) is 11.8 Å². The number of carbonyl (C=O) groups excluding carboxylic acids is 5. The molecular weight excluding hydrogens is 362 g/mol. The molecule has 0 bridgehead atoms. The van der Waals surface area contributed by atoms with Crippen molar-refractivity contribution in [1.82, 2.24) is 15.5 Å². The van der Waals surface area contributed by atoms with E-state index in [0.717, 1.165) is 0 Å². The van der Waals surface area contributed by atoms with Crippen LogP contribution in [-0.2, 0) is 19.2 Å². The summed E-state index contributed by atoms with van der Waals surface area (Å²) < 4.78 is 0. The van der Waals surface area contributed by atoms with Gasteiger partial charge in [0.25, 0.3) is 11.8 Å². The summed E-state index contributed by atoms with van der Waals surface area (Å²) in [7, 11) is 0. The van der Waals surface area contributed by atoms with E-state index in [-0.39, 0.29) is 43.0 Å². The summed E-state index contributed by atoms with van der Waals surface area (Å²) >= 11 is 0. The highest BCUT2D eigenvalue weighted by molar-refractivity contribution is 6.12. The molecule has 28 heavy (non-hydrogen) atoms. The molecule has 0 saturated heterocycles. The molecule has 1 aliphatic rings. The highest BCUT2D eigenvalue weighted by Crippen LogP contribution is 2.07. The lowest BCUT2D eigenvalue weighted by Crippen LogP contribution is -2.39. The average molecular weight is 385 g/mol. The summed E-state index contributed by atoms with van der Waals surface area (Å²) in [6.45, 7) is 0.0228. The summed E-state index contributed by atoms with van der Waals surface area (Å²) in [5.74, 6) is -1.51. The van der Waals surface area contributed by atoms with Crippen molar-refractivity contribution in [2.75, 3.05) is 19.6 Å². The molecule has 8 nitrogen and oxygen atoms in total. The van der Waals surface area contributed by atoms with Crippen molar-refractivity contribution in [3.8, 4) is 0 Å². The first-order chi connectivity index (χ1) is 13.5. The molecule has 0 fully saturated rings. The number of hydrogen-bond donors (Lipinski definition) is 2. The maximum atomic E-state index is 11.9. The van der Waals surface area contributed by atoms with Gasteiger partial charge in [0, 0.05) is 30.7 Å². The minimum Gasteiger partial charge on any atom is -0.347 e. The first-order valence-electron chi connectivity index (χ1n) is 9.12. The second kappa shape index (κ2) is 10.8. The number of imide groups is 1. The number of carbonyl (C=O) groups is 5. The average Bonchev–Trinajstić information content (AvgIpc) is 3.02. The maximum Gasteiger partial charge on any atom is 0.253 e. The van der Waals surface area contributed by atoms with E-state index in [1.165, 1.54) is 17.1 Å². The highest BCUT2D eigenvalue weighted by Gasteiger charge is 2.22. The maximum absolute atomic E-state index is 11.9. The Morgan fingerprint density at radius 2 is 1.43 bits per heavy atom. The number of unbranched alkanes of at least 4 members (excludes halogenated alkanes) is 2. The monoisotopic (exact) mass is 385 g/mol. The van der Waals surface area contributed by atoms with E-state index in [1.807, 2.05) is 0 Å². The van der Waals surface area contributed by atoms with Gasteiger partial charge in [0.05, 0.1) is 13.1 Å². The largest absolute Gasteiger partial charge is 0.347 e. The molecule has 0 spiro atoms. The zero-order valence-corrected chi connectivity index (χ0v) is 15.5. The summed E-state index contributed by atoms with van der Waals surface area (Å²) in [6.07, 6.45) is 4.62. The number of nitrogens with zero attached hydrogens (tertiary/aromatic N) is 1. The molecule has 2 N–H and O–H groups in total. The number of rotatable bonds is 11. The second-order valence-electron chi connectivity index (χ2n) is 6.31. The molecule has 1 aromatic carbocycles. The normalized spacial score (nSPS) is 12.9. The highest BCUT2D eigenvalue weighted by atomic mass is 16.2. The summed E-state index contributed by atoms with van der Waals surface area (Å²) in [5.41, 5.74) is 0.514. The predicted molar refractivity (Wildman–Crippen MR) is 101 cm³/mol. The van der Waals surface area contributed by atoms with Gasteiger partial charge in [-0.15, -0.1) is 0 Å². The fraction of sp³-hybridized carbons (Fsp3) is 0.350. The molecule has 0 radical (unpaired) electrons. The molecule has 0 saturated carbocycles. The molecule has 0 atom stereocenters. The zero-order valence-electron chi connectivity index (χ0n) is 15.5. The van der Waals surface area contributed by atoms with Crippen LogP contribution in [-0.4, -0.2) is 53.9 Å². The SMILES string of the molecule is O=C(CCCCCN1C(=O)C=CC1=O)NCC(=O)NCC(=O)c1ccccc1. The molecule has 1 aromatic rings. The predicted octanol–water partition coefficient (Wildman–Crippen LogP) is 0.587. The van der Waals surface area contributed by atoms with Crippen LogP contribution in [0.1, 0.15) is 36.0 Å². The minimum absolute atomic E-state index is 0.123. The third-order valence-corrected chi connectivity index (χ3v) is 4.17. The standard InChI is InChI=1S/C20H23N3O5/c24-16(15-7-3-1-4-8-15)13-21-18(26)14-22-17(25)9-5-2-6-12-23-19(27)10-11-20(23)28/h1,3-4,7-8,10-11H,2,5-6,9,12-14H2,(H,21,26)(H,22,25). The Hall–Kier alpha value is -3.29. The van der Waals surface area contributed by atoms with Crippen LogP contribution in [0.5, 0.6) is 0 Å². The minimum atomic E-state index is -0.434. The van der Waals surface area contributed by atoms with Gasteiger partial charge in [-0.3, -0.25) is 28.9 Å². The van der Waals surface area contributed by atoms with Crippen molar-refractivity contribution in [1.29, 1.82) is 0 Å².